The number of carbonyl (C=O) groups excluding carboxylic acids is 3. The normalized spacial score (nSPS) is 13.0. The van der Waals surface area contributed by atoms with Gasteiger partial charge in [-0.1, -0.05) is 313 Å². The number of hydrogen-bond acceptors (Lipinski definition) is 8. The first kappa shape index (κ1) is 77.2. The Morgan fingerprint density at radius 2 is 0.713 bits per heavy atom. The van der Waals surface area contributed by atoms with Crippen LogP contribution in [0.25, 0.3) is 0 Å². The second-order valence-electron chi connectivity index (χ2n) is 24.4. The number of nitrogens with zero attached hydrogens (tertiary/aromatic N) is 1. The van der Waals surface area contributed by atoms with E-state index < -0.39 is 24.3 Å². The van der Waals surface area contributed by atoms with Gasteiger partial charge in [0.15, 0.2) is 12.4 Å². The lowest BCUT2D eigenvalue weighted by molar-refractivity contribution is -0.870. The third kappa shape index (κ3) is 62.8. The molecular formula is C71H131NO8. The lowest BCUT2D eigenvalue weighted by atomic mass is 10.0. The highest BCUT2D eigenvalue weighted by Gasteiger charge is 2.22. The van der Waals surface area contributed by atoms with E-state index in [2.05, 4.69) is 62.5 Å². The van der Waals surface area contributed by atoms with Crippen LogP contribution in [0, 0.1) is 0 Å². The van der Waals surface area contributed by atoms with Gasteiger partial charge in [-0.15, -0.1) is 0 Å². The average Bonchev–Trinajstić information content (AvgIpc) is 3.43. The number of unbranched alkanes of at least 4 members (excludes halogenated alkanes) is 41. The molecule has 0 aliphatic rings. The summed E-state index contributed by atoms with van der Waals surface area (Å²) in [5.41, 5.74) is 0. The average molecular weight is 1130 g/mol. The second kappa shape index (κ2) is 62.3. The van der Waals surface area contributed by atoms with Gasteiger partial charge >= 0.3 is 11.9 Å². The lowest BCUT2D eigenvalue weighted by Gasteiger charge is -2.26. The molecule has 0 aromatic heterocycles. The molecule has 80 heavy (non-hydrogen) atoms. The van der Waals surface area contributed by atoms with Crippen LogP contribution in [-0.2, 0) is 33.3 Å². The summed E-state index contributed by atoms with van der Waals surface area (Å²) in [5.74, 6) is -2.25. The molecule has 2 atom stereocenters. The first-order valence-electron chi connectivity index (χ1n) is 34.3. The molecule has 0 spiro atoms. The van der Waals surface area contributed by atoms with E-state index in [0.29, 0.717) is 17.4 Å². The molecule has 0 N–H and O–H groups in total. The predicted molar refractivity (Wildman–Crippen MR) is 339 cm³/mol. The van der Waals surface area contributed by atoms with Crippen LogP contribution in [-0.4, -0.2) is 82.3 Å². The monoisotopic (exact) mass is 1130 g/mol. The number of quaternary nitrogens is 1. The third-order valence-electron chi connectivity index (χ3n) is 15.3. The van der Waals surface area contributed by atoms with Gasteiger partial charge in [-0.2, -0.15) is 0 Å². The molecule has 2 unspecified atom stereocenters. The smallest absolute Gasteiger partial charge is 0.306 e. The molecule has 9 nitrogen and oxygen atoms in total. The maximum absolute atomic E-state index is 12.9. The van der Waals surface area contributed by atoms with Gasteiger partial charge in [-0.05, 0) is 51.4 Å². The fraction of sp³-hybridized carbons (Fsp3) is 0.845. The summed E-state index contributed by atoms with van der Waals surface area (Å²) in [4.78, 5) is 37.4. The van der Waals surface area contributed by atoms with Gasteiger partial charge in [0.2, 0.25) is 0 Å². The van der Waals surface area contributed by atoms with Crippen molar-refractivity contribution in [3.63, 3.8) is 0 Å². The van der Waals surface area contributed by atoms with E-state index in [1.165, 1.54) is 238 Å². The zero-order valence-corrected chi connectivity index (χ0v) is 53.5. The summed E-state index contributed by atoms with van der Waals surface area (Å²) in [6, 6.07) is 0. The summed E-state index contributed by atoms with van der Waals surface area (Å²) >= 11 is 0. The van der Waals surface area contributed by atoms with Crippen LogP contribution >= 0.6 is 0 Å². The number of esters is 2. The molecule has 0 aromatic rings. The van der Waals surface area contributed by atoms with Gasteiger partial charge in [-0.25, -0.2) is 0 Å². The summed E-state index contributed by atoms with van der Waals surface area (Å²) in [6.45, 7) is 4.70. The van der Waals surface area contributed by atoms with Gasteiger partial charge < -0.3 is 33.3 Å². The van der Waals surface area contributed by atoms with Crippen molar-refractivity contribution in [3.8, 4) is 0 Å². The maximum atomic E-state index is 12.9. The molecule has 0 fully saturated rings. The molecule has 0 aromatic carbocycles. The van der Waals surface area contributed by atoms with Crippen LogP contribution in [0.15, 0.2) is 48.6 Å². The molecule has 468 valence electrons. The molecule has 0 saturated heterocycles. The maximum Gasteiger partial charge on any atom is 0.306 e. The van der Waals surface area contributed by atoms with Crippen LogP contribution in [0.4, 0.5) is 0 Å². The van der Waals surface area contributed by atoms with Crippen molar-refractivity contribution in [3.05, 3.63) is 48.6 Å². The van der Waals surface area contributed by atoms with Gasteiger partial charge in [0, 0.05) is 12.8 Å². The first-order chi connectivity index (χ1) is 39.1. The Labute approximate surface area is 495 Å². The van der Waals surface area contributed by atoms with Crippen LogP contribution in [0.1, 0.15) is 328 Å². The molecule has 0 heterocycles. The molecule has 0 rings (SSSR count). The molecule has 0 amide bonds. The first-order valence-corrected chi connectivity index (χ1v) is 34.3. The molecule has 0 aliphatic carbocycles. The van der Waals surface area contributed by atoms with Crippen LogP contribution in [0.3, 0.4) is 0 Å². The van der Waals surface area contributed by atoms with E-state index in [4.69, 9.17) is 18.9 Å². The fourth-order valence-corrected chi connectivity index (χ4v) is 10.1. The van der Waals surface area contributed by atoms with Crippen molar-refractivity contribution in [2.45, 2.75) is 341 Å². The predicted octanol–water partition coefficient (Wildman–Crippen LogP) is 19.6. The van der Waals surface area contributed by atoms with E-state index in [0.717, 1.165) is 64.2 Å². The molecular weight excluding hydrogens is 995 g/mol. The van der Waals surface area contributed by atoms with Gasteiger partial charge in [0.25, 0.3) is 0 Å². The number of ether oxygens (including phenoxy) is 4. The quantitative estimate of drug-likeness (QED) is 0.0195. The Kier molecular flexibility index (Phi) is 60.2. The highest BCUT2D eigenvalue weighted by molar-refractivity contribution is 5.70. The van der Waals surface area contributed by atoms with Crippen molar-refractivity contribution in [1.29, 1.82) is 0 Å². The van der Waals surface area contributed by atoms with Crippen LogP contribution < -0.4 is 5.11 Å². The number of rotatable bonds is 64. The van der Waals surface area contributed by atoms with Crippen molar-refractivity contribution in [2.24, 2.45) is 0 Å². The van der Waals surface area contributed by atoms with Crippen molar-refractivity contribution in [2.75, 3.05) is 47.5 Å². The van der Waals surface area contributed by atoms with E-state index in [1.54, 1.807) is 0 Å². The SMILES string of the molecule is CC/C=C\C/C=C\C/C=C\C/C=C\CCCCCCCCCCCCCCCCCCCCCCCCC(=O)OC(COC(=O)CCCCCCCCCCCCCCCCCCCCCC)COC(OCC[N+](C)(C)C)C(=O)[O-]. The largest absolute Gasteiger partial charge is 0.545 e. The lowest BCUT2D eigenvalue weighted by Crippen LogP contribution is -2.44. The molecule has 0 saturated carbocycles. The molecule has 0 radical (unpaired) electrons. The van der Waals surface area contributed by atoms with E-state index in [-0.39, 0.29) is 32.2 Å². The fourth-order valence-electron chi connectivity index (χ4n) is 10.1. The van der Waals surface area contributed by atoms with Crippen molar-refractivity contribution < 1.29 is 42.9 Å². The number of allylic oxidation sites excluding steroid dienone is 8. The second-order valence-corrected chi connectivity index (χ2v) is 24.4. The van der Waals surface area contributed by atoms with E-state index in [1.807, 2.05) is 21.1 Å². The Morgan fingerprint density at radius 1 is 0.388 bits per heavy atom. The van der Waals surface area contributed by atoms with Crippen molar-refractivity contribution in [1.82, 2.24) is 0 Å². The van der Waals surface area contributed by atoms with E-state index in [9.17, 15) is 19.5 Å². The van der Waals surface area contributed by atoms with E-state index >= 15 is 0 Å². The number of likely N-dealkylation sites (N-methyl/N-ethyl adjacent to an activating group) is 1. The summed E-state index contributed by atoms with van der Waals surface area (Å²) in [7, 11) is 5.94. The molecule has 9 heteroatoms. The number of aliphatic carboxylic acids is 1. The Hall–Kier alpha value is -2.75. The standard InChI is InChI=1S/C71H131NO8/c1-6-8-10-12-14-16-18-20-22-24-26-28-29-30-31-32-33-34-35-36-37-38-39-40-41-42-44-46-48-50-52-54-56-58-60-62-69(74)80-67(66-79-71(70(75)76)77-64-63-72(3,4)5)65-78-68(73)61-59-57-55-53-51-49-47-45-43-27-25-23-21-19-17-15-13-11-9-7-2/h8,10,14,16,20,22,26,28,67,71H,6-7,9,11-13,15,17-19,21,23-25,27,29-66H2,1-5H3/b10-8-,16-14-,22-20-,28-26-. The minimum Gasteiger partial charge on any atom is -0.545 e. The summed E-state index contributed by atoms with van der Waals surface area (Å²) < 4.78 is 22.8. The highest BCUT2D eigenvalue weighted by atomic mass is 16.7. The number of carboxylic acids is 1. The number of carboxylic acid groups (broad SMARTS) is 1. The highest BCUT2D eigenvalue weighted by Crippen LogP contribution is 2.19. The Balaban J connectivity index is 4.03. The van der Waals surface area contributed by atoms with Crippen LogP contribution in [0.5, 0.6) is 0 Å². The Bertz CT molecular complexity index is 1450. The number of hydrogen-bond donors (Lipinski definition) is 0. The zero-order valence-electron chi connectivity index (χ0n) is 53.5. The topological polar surface area (TPSA) is 111 Å². The number of carbonyl (C=O) groups is 3. The minimum absolute atomic E-state index is 0.151. The van der Waals surface area contributed by atoms with Gasteiger partial charge in [0.05, 0.1) is 40.3 Å². The zero-order chi connectivity index (χ0) is 58.3. The van der Waals surface area contributed by atoms with Gasteiger partial charge in [-0.3, -0.25) is 9.59 Å². The summed E-state index contributed by atoms with van der Waals surface area (Å²) in [5, 5.41) is 11.8. The molecule has 0 aliphatic heterocycles. The molecule has 0 bridgehead atoms. The van der Waals surface area contributed by atoms with Gasteiger partial charge in [0.1, 0.15) is 13.2 Å². The third-order valence-corrected chi connectivity index (χ3v) is 15.3. The minimum atomic E-state index is -1.62. The van der Waals surface area contributed by atoms with Crippen LogP contribution in [0.2, 0.25) is 0 Å². The summed E-state index contributed by atoms with van der Waals surface area (Å²) in [6.07, 6.45) is 76.2. The van der Waals surface area contributed by atoms with Crippen molar-refractivity contribution >= 4 is 17.9 Å². The Morgan fingerprint density at radius 3 is 1.06 bits per heavy atom.